The molecular formula is C27H36N2O2. The van der Waals surface area contributed by atoms with Gasteiger partial charge in [0.15, 0.2) is 5.78 Å². The van der Waals surface area contributed by atoms with Gasteiger partial charge in [0.1, 0.15) is 5.60 Å². The summed E-state index contributed by atoms with van der Waals surface area (Å²) < 4.78 is 0. The number of carbonyl (C=O) groups excluding carboxylic acids is 1. The summed E-state index contributed by atoms with van der Waals surface area (Å²) in [6.45, 7) is 10.4. The summed E-state index contributed by atoms with van der Waals surface area (Å²) in [6.07, 6.45) is 2.63. The lowest BCUT2D eigenvalue weighted by Gasteiger charge is -2.53. The van der Waals surface area contributed by atoms with Crippen LogP contribution in [0.15, 0.2) is 60.7 Å². The fourth-order valence-corrected chi connectivity index (χ4v) is 6.00. The van der Waals surface area contributed by atoms with Crippen molar-refractivity contribution in [2.45, 2.75) is 69.7 Å². The lowest BCUT2D eigenvalue weighted by atomic mass is 9.71. The summed E-state index contributed by atoms with van der Waals surface area (Å²) in [5.41, 5.74) is 0.448. The molecule has 0 bridgehead atoms. The number of hydrogen-bond donors (Lipinski definition) is 2. The smallest absolute Gasteiger partial charge is 0.170 e. The van der Waals surface area contributed by atoms with Gasteiger partial charge in [-0.25, -0.2) is 0 Å². The molecule has 0 aromatic heterocycles. The highest BCUT2D eigenvalue weighted by atomic mass is 16.3. The van der Waals surface area contributed by atoms with E-state index in [1.807, 2.05) is 60.7 Å². The van der Waals surface area contributed by atoms with Crippen LogP contribution in [-0.2, 0) is 5.60 Å². The van der Waals surface area contributed by atoms with Gasteiger partial charge in [-0.3, -0.25) is 9.69 Å². The molecule has 2 aliphatic rings. The largest absolute Gasteiger partial charge is 0.384 e. The van der Waals surface area contributed by atoms with Crippen LogP contribution in [0.1, 0.15) is 62.9 Å². The van der Waals surface area contributed by atoms with Gasteiger partial charge in [-0.1, -0.05) is 60.7 Å². The molecule has 4 heteroatoms. The first-order valence-corrected chi connectivity index (χ1v) is 11.5. The standard InChI is InChI=1S/C27H36N2O2/c1-25(2)17-22(18-26(3,4)28-25)29-16-15-27(31,21-13-9-6-10-14-21)23(19-29)24(30)20-11-7-5-8-12-20/h5-14,22-23,28,31H,15-19H2,1-4H3/t23-,27-/m0/s1. The van der Waals surface area contributed by atoms with Gasteiger partial charge < -0.3 is 10.4 Å². The molecule has 2 aliphatic heterocycles. The molecule has 2 N–H and O–H groups in total. The Morgan fingerprint density at radius 1 is 0.935 bits per heavy atom. The first-order valence-electron chi connectivity index (χ1n) is 11.5. The number of likely N-dealkylation sites (tertiary alicyclic amines) is 1. The van der Waals surface area contributed by atoms with Crippen LogP contribution in [0.3, 0.4) is 0 Å². The van der Waals surface area contributed by atoms with E-state index in [4.69, 9.17) is 0 Å². The second-order valence-corrected chi connectivity index (χ2v) is 10.8. The first-order chi connectivity index (χ1) is 14.6. The summed E-state index contributed by atoms with van der Waals surface area (Å²) in [6, 6.07) is 19.6. The highest BCUT2D eigenvalue weighted by molar-refractivity contribution is 5.99. The Kier molecular flexibility index (Phi) is 5.84. The maximum absolute atomic E-state index is 13.7. The zero-order valence-corrected chi connectivity index (χ0v) is 19.3. The van der Waals surface area contributed by atoms with Crippen LogP contribution in [0, 0.1) is 5.92 Å². The number of piperidine rings is 2. The van der Waals surface area contributed by atoms with Crippen molar-refractivity contribution in [2.75, 3.05) is 13.1 Å². The van der Waals surface area contributed by atoms with Gasteiger partial charge >= 0.3 is 0 Å². The van der Waals surface area contributed by atoms with Crippen molar-refractivity contribution >= 4 is 5.78 Å². The highest BCUT2D eigenvalue weighted by Crippen LogP contribution is 2.42. The highest BCUT2D eigenvalue weighted by Gasteiger charge is 2.49. The third-order valence-electron chi connectivity index (χ3n) is 7.11. The van der Waals surface area contributed by atoms with Crippen LogP contribution in [0.2, 0.25) is 0 Å². The molecule has 0 spiro atoms. The number of nitrogens with one attached hydrogen (secondary N) is 1. The fraction of sp³-hybridized carbons (Fsp3) is 0.519. The number of benzene rings is 2. The van der Waals surface area contributed by atoms with Gasteiger partial charge in [0, 0.05) is 35.8 Å². The predicted octanol–water partition coefficient (Wildman–Crippen LogP) is 4.39. The number of rotatable bonds is 4. The second kappa shape index (κ2) is 8.16. The van der Waals surface area contributed by atoms with Gasteiger partial charge in [0.2, 0.25) is 0 Å². The summed E-state index contributed by atoms with van der Waals surface area (Å²) >= 11 is 0. The van der Waals surface area contributed by atoms with Crippen LogP contribution in [-0.4, -0.2) is 46.0 Å². The van der Waals surface area contributed by atoms with E-state index in [1.165, 1.54) is 0 Å². The van der Waals surface area contributed by atoms with E-state index in [-0.39, 0.29) is 16.9 Å². The van der Waals surface area contributed by atoms with Crippen LogP contribution < -0.4 is 5.32 Å². The van der Waals surface area contributed by atoms with E-state index in [9.17, 15) is 9.90 Å². The molecule has 2 aromatic carbocycles. The third kappa shape index (κ3) is 4.62. The number of Topliss-reactive ketones (excluding diaryl/α,β-unsaturated/α-hetero) is 1. The van der Waals surface area contributed by atoms with Crippen LogP contribution >= 0.6 is 0 Å². The van der Waals surface area contributed by atoms with Crippen LogP contribution in [0.5, 0.6) is 0 Å². The SMILES string of the molecule is CC1(C)CC(N2CC[C@](O)(c3ccccc3)[C@H](C(=O)c3ccccc3)C2)CC(C)(C)N1. The van der Waals surface area contributed by atoms with Crippen LogP contribution in [0.4, 0.5) is 0 Å². The number of hydrogen-bond acceptors (Lipinski definition) is 4. The molecule has 2 aromatic rings. The van der Waals surface area contributed by atoms with Crippen molar-refractivity contribution in [1.29, 1.82) is 0 Å². The molecule has 0 radical (unpaired) electrons. The monoisotopic (exact) mass is 420 g/mol. The Labute approximate surface area is 186 Å². The minimum absolute atomic E-state index is 0.0316. The van der Waals surface area contributed by atoms with E-state index in [0.29, 0.717) is 24.6 Å². The number of ketones is 1. The summed E-state index contributed by atoms with van der Waals surface area (Å²) in [7, 11) is 0. The molecule has 4 rings (SSSR count). The van der Waals surface area contributed by atoms with E-state index in [2.05, 4.69) is 37.9 Å². The van der Waals surface area contributed by atoms with Crippen molar-refractivity contribution in [3.63, 3.8) is 0 Å². The lowest BCUT2D eigenvalue weighted by Crippen LogP contribution is -2.64. The van der Waals surface area contributed by atoms with Crippen LogP contribution in [0.25, 0.3) is 0 Å². The first kappa shape index (κ1) is 22.2. The Balaban J connectivity index is 1.66. The maximum Gasteiger partial charge on any atom is 0.170 e. The van der Waals surface area contributed by atoms with Gasteiger partial charge in [-0.05, 0) is 52.5 Å². The molecular weight excluding hydrogens is 384 g/mol. The summed E-state index contributed by atoms with van der Waals surface area (Å²) in [5.74, 6) is -0.462. The number of carbonyl (C=O) groups is 1. The molecule has 2 heterocycles. The normalized spacial score (nSPS) is 28.9. The molecule has 31 heavy (non-hydrogen) atoms. The van der Waals surface area contributed by atoms with E-state index in [1.54, 1.807) is 0 Å². The van der Waals surface area contributed by atoms with Crippen molar-refractivity contribution in [3.05, 3.63) is 71.8 Å². The topological polar surface area (TPSA) is 52.6 Å². The molecule has 0 saturated carbocycles. The lowest BCUT2D eigenvalue weighted by molar-refractivity contribution is -0.0809. The Hall–Kier alpha value is -2.01. The maximum atomic E-state index is 13.7. The van der Waals surface area contributed by atoms with Crippen molar-refractivity contribution in [1.82, 2.24) is 10.2 Å². The average Bonchev–Trinajstić information content (AvgIpc) is 2.72. The molecule has 2 fully saturated rings. The second-order valence-electron chi connectivity index (χ2n) is 10.8. The molecule has 4 nitrogen and oxygen atoms in total. The zero-order valence-electron chi connectivity index (χ0n) is 19.3. The molecule has 0 unspecified atom stereocenters. The van der Waals surface area contributed by atoms with Crippen molar-refractivity contribution < 1.29 is 9.90 Å². The third-order valence-corrected chi connectivity index (χ3v) is 7.11. The average molecular weight is 421 g/mol. The van der Waals surface area contributed by atoms with Gasteiger partial charge in [0.25, 0.3) is 0 Å². The minimum Gasteiger partial charge on any atom is -0.384 e. The van der Waals surface area contributed by atoms with Gasteiger partial charge in [0.05, 0.1) is 5.92 Å². The quantitative estimate of drug-likeness (QED) is 0.721. The Morgan fingerprint density at radius 3 is 2.06 bits per heavy atom. The van der Waals surface area contributed by atoms with E-state index in [0.717, 1.165) is 24.9 Å². The number of nitrogens with zero attached hydrogens (tertiary/aromatic N) is 1. The van der Waals surface area contributed by atoms with E-state index < -0.39 is 11.5 Å². The Morgan fingerprint density at radius 2 is 1.48 bits per heavy atom. The van der Waals surface area contributed by atoms with Gasteiger partial charge in [-0.2, -0.15) is 0 Å². The van der Waals surface area contributed by atoms with Gasteiger partial charge in [-0.15, -0.1) is 0 Å². The zero-order chi connectivity index (χ0) is 22.3. The predicted molar refractivity (Wildman–Crippen MR) is 125 cm³/mol. The Bertz CT molecular complexity index is 893. The molecule has 2 saturated heterocycles. The molecule has 2 atom stereocenters. The summed E-state index contributed by atoms with van der Waals surface area (Å²) in [4.78, 5) is 16.1. The molecule has 0 amide bonds. The van der Waals surface area contributed by atoms with Crippen molar-refractivity contribution in [2.24, 2.45) is 5.92 Å². The summed E-state index contributed by atoms with van der Waals surface area (Å²) in [5, 5.41) is 15.7. The fourth-order valence-electron chi connectivity index (χ4n) is 6.00. The molecule has 0 aliphatic carbocycles. The number of aliphatic hydroxyl groups is 1. The minimum atomic E-state index is -1.15. The van der Waals surface area contributed by atoms with Crippen molar-refractivity contribution in [3.8, 4) is 0 Å². The molecule has 166 valence electrons. The van der Waals surface area contributed by atoms with E-state index >= 15 is 0 Å².